The summed E-state index contributed by atoms with van der Waals surface area (Å²) in [5.41, 5.74) is 8.89. The monoisotopic (exact) mass is 235 g/mol. The molecule has 0 aliphatic rings. The first-order chi connectivity index (χ1) is 8.20. The predicted molar refractivity (Wildman–Crippen MR) is 61.0 cm³/mol. The molecular formula is C11H13N3O3. The smallest absolute Gasteiger partial charge is 0.317 e. The molecule has 6 nitrogen and oxygen atoms in total. The number of benzene rings is 1. The van der Waals surface area contributed by atoms with Crippen molar-refractivity contribution in [3.05, 3.63) is 46.3 Å². The molecule has 1 aromatic rings. The number of rotatable bonds is 5. The van der Waals surface area contributed by atoms with Crippen LogP contribution in [-0.4, -0.2) is 23.7 Å². The van der Waals surface area contributed by atoms with Crippen LogP contribution in [-0.2, 0) is 9.53 Å². The van der Waals surface area contributed by atoms with Gasteiger partial charge < -0.3 is 9.84 Å². The van der Waals surface area contributed by atoms with E-state index >= 15 is 0 Å². The maximum Gasteiger partial charge on any atom is 0.317 e. The molecule has 0 aliphatic carbocycles. The van der Waals surface area contributed by atoms with Crippen LogP contribution in [0.25, 0.3) is 10.4 Å². The highest BCUT2D eigenvalue weighted by Gasteiger charge is 2.28. The quantitative estimate of drug-likeness (QED) is 0.365. The molecule has 2 atom stereocenters. The molecule has 17 heavy (non-hydrogen) atoms. The molecule has 0 saturated carbocycles. The first-order valence-electron chi connectivity index (χ1n) is 5.14. The van der Waals surface area contributed by atoms with Crippen LogP contribution in [0.2, 0.25) is 0 Å². The van der Waals surface area contributed by atoms with Gasteiger partial charge in [-0.15, -0.1) is 0 Å². The molecule has 0 aromatic heterocycles. The maximum absolute atomic E-state index is 11.5. The fraction of sp³-hybridized carbons (Fsp3) is 0.364. The lowest BCUT2D eigenvalue weighted by Crippen LogP contribution is -2.28. The second-order valence-corrected chi connectivity index (χ2v) is 3.26. The van der Waals surface area contributed by atoms with Crippen molar-refractivity contribution in [3.63, 3.8) is 0 Å². The third-order valence-corrected chi connectivity index (χ3v) is 2.14. The second-order valence-electron chi connectivity index (χ2n) is 3.26. The molecule has 1 rings (SSSR count). The molecule has 0 spiro atoms. The van der Waals surface area contributed by atoms with Gasteiger partial charge in [-0.25, -0.2) is 0 Å². The standard InChI is InChI=1S/C11H13N3O3/c1-2-17-11(16)9(13-14-12)10(15)8-6-4-3-5-7-8/h3-7,9-10,15H,2H2,1H3. The third-order valence-electron chi connectivity index (χ3n) is 2.14. The van der Waals surface area contributed by atoms with Crippen LogP contribution in [0.15, 0.2) is 35.4 Å². The van der Waals surface area contributed by atoms with Gasteiger partial charge in [-0.2, -0.15) is 0 Å². The first-order valence-corrected chi connectivity index (χ1v) is 5.14. The van der Waals surface area contributed by atoms with Gasteiger partial charge in [0, 0.05) is 4.91 Å². The first kappa shape index (κ1) is 13.0. The molecule has 90 valence electrons. The number of ether oxygens (including phenoxy) is 1. The lowest BCUT2D eigenvalue weighted by molar-refractivity contribution is -0.147. The highest BCUT2D eigenvalue weighted by molar-refractivity contribution is 5.77. The summed E-state index contributed by atoms with van der Waals surface area (Å²) in [4.78, 5) is 14.1. The van der Waals surface area contributed by atoms with E-state index in [1.54, 1.807) is 37.3 Å². The Balaban J connectivity index is 2.91. The topological polar surface area (TPSA) is 95.3 Å². The van der Waals surface area contributed by atoms with Crippen molar-refractivity contribution >= 4 is 5.97 Å². The fourth-order valence-corrected chi connectivity index (χ4v) is 1.35. The number of hydrogen-bond donors (Lipinski definition) is 1. The molecule has 0 fully saturated rings. The highest BCUT2D eigenvalue weighted by atomic mass is 16.5. The van der Waals surface area contributed by atoms with E-state index in [0.717, 1.165) is 0 Å². The molecule has 0 aliphatic heterocycles. The van der Waals surface area contributed by atoms with E-state index < -0.39 is 18.1 Å². The molecule has 1 N–H and O–H groups in total. The SMILES string of the molecule is CCOC(=O)C(N=[N+]=[N-])C(O)c1ccccc1. The average molecular weight is 235 g/mol. The molecule has 0 bridgehead atoms. The minimum atomic E-state index is -1.26. The van der Waals surface area contributed by atoms with Crippen LogP contribution >= 0.6 is 0 Å². The Bertz CT molecular complexity index is 415. The van der Waals surface area contributed by atoms with Gasteiger partial charge in [-0.1, -0.05) is 35.4 Å². The Morgan fingerprint density at radius 3 is 2.71 bits per heavy atom. The van der Waals surface area contributed by atoms with E-state index in [2.05, 4.69) is 10.0 Å². The Kier molecular flexibility index (Phi) is 5.00. The second kappa shape index (κ2) is 6.52. The van der Waals surface area contributed by atoms with Crippen molar-refractivity contribution < 1.29 is 14.6 Å². The van der Waals surface area contributed by atoms with Crippen LogP contribution < -0.4 is 0 Å². The number of aliphatic hydroxyl groups excluding tert-OH is 1. The van der Waals surface area contributed by atoms with Crippen molar-refractivity contribution in [1.82, 2.24) is 0 Å². The van der Waals surface area contributed by atoms with Crippen molar-refractivity contribution in [2.75, 3.05) is 6.61 Å². The van der Waals surface area contributed by atoms with E-state index in [-0.39, 0.29) is 6.61 Å². The zero-order valence-corrected chi connectivity index (χ0v) is 9.35. The Labute approximate surface area is 98.5 Å². The van der Waals surface area contributed by atoms with E-state index in [1.807, 2.05) is 0 Å². The molecule has 0 amide bonds. The Morgan fingerprint density at radius 2 is 2.18 bits per heavy atom. The molecule has 6 heteroatoms. The zero-order chi connectivity index (χ0) is 12.7. The van der Waals surface area contributed by atoms with Gasteiger partial charge in [0.15, 0.2) is 6.04 Å². The summed E-state index contributed by atoms with van der Waals surface area (Å²) in [5, 5.41) is 13.2. The van der Waals surface area contributed by atoms with Gasteiger partial charge in [0.05, 0.1) is 12.7 Å². The van der Waals surface area contributed by atoms with Gasteiger partial charge in [0.2, 0.25) is 0 Å². The minimum Gasteiger partial charge on any atom is -0.466 e. The van der Waals surface area contributed by atoms with Crippen LogP contribution in [0.5, 0.6) is 0 Å². The lowest BCUT2D eigenvalue weighted by atomic mass is 10.0. The summed E-state index contributed by atoms with van der Waals surface area (Å²) in [7, 11) is 0. The Hall–Kier alpha value is -2.04. The summed E-state index contributed by atoms with van der Waals surface area (Å²) >= 11 is 0. The maximum atomic E-state index is 11.5. The van der Waals surface area contributed by atoms with E-state index in [9.17, 15) is 9.90 Å². The third kappa shape index (κ3) is 3.48. The molecule has 2 unspecified atom stereocenters. The van der Waals surface area contributed by atoms with Gasteiger partial charge in [-0.05, 0) is 18.0 Å². The largest absolute Gasteiger partial charge is 0.466 e. The van der Waals surface area contributed by atoms with Crippen molar-refractivity contribution in [2.45, 2.75) is 19.1 Å². The summed E-state index contributed by atoms with van der Waals surface area (Å²) in [6.07, 6.45) is -1.20. The Morgan fingerprint density at radius 1 is 1.53 bits per heavy atom. The van der Waals surface area contributed by atoms with Crippen molar-refractivity contribution in [1.29, 1.82) is 0 Å². The average Bonchev–Trinajstić information content (AvgIpc) is 2.36. The summed E-state index contributed by atoms with van der Waals surface area (Å²) in [6.45, 7) is 1.80. The lowest BCUT2D eigenvalue weighted by Gasteiger charge is -2.17. The minimum absolute atomic E-state index is 0.164. The zero-order valence-electron chi connectivity index (χ0n) is 9.35. The van der Waals surface area contributed by atoms with E-state index in [0.29, 0.717) is 5.56 Å². The molecule has 0 radical (unpaired) electrons. The van der Waals surface area contributed by atoms with Crippen molar-refractivity contribution in [3.8, 4) is 0 Å². The number of nitrogens with zero attached hydrogens (tertiary/aromatic N) is 3. The summed E-state index contributed by atoms with van der Waals surface area (Å²) in [6, 6.07) is 7.24. The predicted octanol–water partition coefficient (Wildman–Crippen LogP) is 1.96. The van der Waals surface area contributed by atoms with Gasteiger partial charge >= 0.3 is 5.97 Å². The fourth-order valence-electron chi connectivity index (χ4n) is 1.35. The van der Waals surface area contributed by atoms with Crippen LogP contribution in [0.3, 0.4) is 0 Å². The molecular weight excluding hydrogens is 222 g/mol. The molecule has 0 saturated heterocycles. The molecule has 1 aromatic carbocycles. The number of carbonyl (C=O) groups excluding carboxylic acids is 1. The van der Waals surface area contributed by atoms with E-state index in [4.69, 9.17) is 10.3 Å². The molecule has 0 heterocycles. The normalized spacial score (nSPS) is 13.3. The van der Waals surface area contributed by atoms with Crippen LogP contribution in [0.1, 0.15) is 18.6 Å². The number of hydrogen-bond acceptors (Lipinski definition) is 4. The van der Waals surface area contributed by atoms with Gasteiger partial charge in [-0.3, -0.25) is 4.79 Å². The number of carbonyl (C=O) groups is 1. The summed E-state index contributed by atoms with van der Waals surface area (Å²) in [5.74, 6) is -0.735. The number of esters is 1. The van der Waals surface area contributed by atoms with E-state index in [1.165, 1.54) is 0 Å². The highest BCUT2D eigenvalue weighted by Crippen LogP contribution is 2.20. The van der Waals surface area contributed by atoms with Crippen molar-refractivity contribution in [2.24, 2.45) is 5.11 Å². The number of azide groups is 1. The van der Waals surface area contributed by atoms with Crippen LogP contribution in [0.4, 0.5) is 0 Å². The summed E-state index contributed by atoms with van der Waals surface area (Å²) < 4.78 is 4.74. The number of aliphatic hydroxyl groups is 1. The van der Waals surface area contributed by atoms with Gasteiger partial charge in [0.25, 0.3) is 0 Å². The van der Waals surface area contributed by atoms with Crippen LogP contribution in [0, 0.1) is 0 Å². The van der Waals surface area contributed by atoms with Gasteiger partial charge in [0.1, 0.15) is 0 Å².